The molecule has 1 aliphatic heterocycles. The minimum atomic E-state index is 0.0419. The largest absolute Gasteiger partial charge is 0.397 e. The lowest BCUT2D eigenvalue weighted by Crippen LogP contribution is -2.36. The quantitative estimate of drug-likeness (QED) is 0.603. The monoisotopic (exact) mass is 220 g/mol. The number of hydrogen-bond acceptors (Lipinski definition) is 4. The normalized spacial score (nSPS) is 16.2. The topological polar surface area (TPSA) is 55.6 Å². The number of benzene rings is 1. The molecule has 4 nitrogen and oxygen atoms in total. The summed E-state index contributed by atoms with van der Waals surface area (Å²) >= 11 is 0. The Kier molecular flexibility index (Phi) is 3.10. The van der Waals surface area contributed by atoms with Crippen LogP contribution in [0, 0.1) is 0 Å². The summed E-state index contributed by atoms with van der Waals surface area (Å²) in [4.78, 5) is 13.4. The zero-order valence-electron chi connectivity index (χ0n) is 9.40. The van der Waals surface area contributed by atoms with Crippen LogP contribution in [-0.4, -0.2) is 32.1 Å². The van der Waals surface area contributed by atoms with Crippen LogP contribution in [0.4, 0.5) is 11.4 Å². The zero-order chi connectivity index (χ0) is 11.5. The molecule has 0 saturated carbocycles. The van der Waals surface area contributed by atoms with Crippen LogP contribution in [-0.2, 0) is 4.74 Å². The first-order chi connectivity index (χ1) is 7.68. The van der Waals surface area contributed by atoms with Crippen molar-refractivity contribution in [2.75, 3.05) is 36.9 Å². The maximum absolute atomic E-state index is 11.2. The molecule has 1 aromatic rings. The van der Waals surface area contributed by atoms with Crippen molar-refractivity contribution in [1.29, 1.82) is 0 Å². The van der Waals surface area contributed by atoms with Gasteiger partial charge < -0.3 is 15.4 Å². The highest BCUT2D eigenvalue weighted by atomic mass is 16.5. The molecule has 0 unspecified atom stereocenters. The minimum absolute atomic E-state index is 0.0419. The van der Waals surface area contributed by atoms with Crippen molar-refractivity contribution < 1.29 is 9.53 Å². The number of rotatable bonds is 2. The summed E-state index contributed by atoms with van der Waals surface area (Å²) in [7, 11) is 0. The average molecular weight is 220 g/mol. The molecule has 86 valence electrons. The number of carbonyl (C=O) groups excluding carboxylic acids is 1. The second-order valence-electron chi connectivity index (χ2n) is 3.93. The van der Waals surface area contributed by atoms with Crippen molar-refractivity contribution >= 4 is 17.2 Å². The maximum atomic E-state index is 11.2. The van der Waals surface area contributed by atoms with Crippen molar-refractivity contribution in [3.05, 3.63) is 23.8 Å². The summed E-state index contributed by atoms with van der Waals surface area (Å²) in [5.74, 6) is 0.0419. The summed E-state index contributed by atoms with van der Waals surface area (Å²) in [5.41, 5.74) is 8.27. The number of ketones is 1. The predicted octanol–water partition coefficient (Wildman–Crippen LogP) is 1.31. The van der Waals surface area contributed by atoms with Crippen LogP contribution in [0.2, 0.25) is 0 Å². The highest BCUT2D eigenvalue weighted by Crippen LogP contribution is 2.25. The van der Waals surface area contributed by atoms with E-state index in [0.717, 1.165) is 32.0 Å². The van der Waals surface area contributed by atoms with Crippen molar-refractivity contribution in [3.63, 3.8) is 0 Å². The Bertz CT molecular complexity index is 398. The molecule has 1 aromatic carbocycles. The molecule has 1 saturated heterocycles. The molecular formula is C12H16N2O2. The van der Waals surface area contributed by atoms with Gasteiger partial charge in [-0.3, -0.25) is 4.79 Å². The molecule has 0 amide bonds. The Morgan fingerprint density at radius 1 is 1.38 bits per heavy atom. The Morgan fingerprint density at radius 3 is 2.62 bits per heavy atom. The van der Waals surface area contributed by atoms with Gasteiger partial charge in [-0.1, -0.05) is 0 Å². The first kappa shape index (κ1) is 11.0. The third-order valence-electron chi connectivity index (χ3n) is 2.79. The van der Waals surface area contributed by atoms with E-state index < -0.39 is 0 Å². The molecule has 2 N–H and O–H groups in total. The number of nitrogen functional groups attached to an aromatic ring is 1. The molecular weight excluding hydrogens is 204 g/mol. The second kappa shape index (κ2) is 4.53. The number of Topliss-reactive ketones (excluding diaryl/α,β-unsaturated/α-hetero) is 1. The van der Waals surface area contributed by atoms with Gasteiger partial charge in [0.15, 0.2) is 5.78 Å². The number of hydrogen-bond donors (Lipinski definition) is 1. The van der Waals surface area contributed by atoms with Gasteiger partial charge >= 0.3 is 0 Å². The fourth-order valence-electron chi connectivity index (χ4n) is 1.87. The van der Waals surface area contributed by atoms with Crippen LogP contribution in [0.15, 0.2) is 18.2 Å². The summed E-state index contributed by atoms with van der Waals surface area (Å²) in [6, 6.07) is 5.48. The summed E-state index contributed by atoms with van der Waals surface area (Å²) in [6.45, 7) is 4.71. The smallest absolute Gasteiger partial charge is 0.159 e. The number of carbonyl (C=O) groups is 1. The Morgan fingerprint density at radius 2 is 2.06 bits per heavy atom. The number of morpholine rings is 1. The van der Waals surface area contributed by atoms with Gasteiger partial charge in [0.05, 0.1) is 24.6 Å². The van der Waals surface area contributed by atoms with Crippen LogP contribution in [0.5, 0.6) is 0 Å². The van der Waals surface area contributed by atoms with Gasteiger partial charge in [0, 0.05) is 18.7 Å². The third kappa shape index (κ3) is 2.17. The first-order valence-corrected chi connectivity index (χ1v) is 5.41. The van der Waals surface area contributed by atoms with E-state index in [-0.39, 0.29) is 5.78 Å². The maximum Gasteiger partial charge on any atom is 0.159 e. The van der Waals surface area contributed by atoms with Crippen molar-refractivity contribution in [2.24, 2.45) is 0 Å². The summed E-state index contributed by atoms with van der Waals surface area (Å²) in [6.07, 6.45) is 0. The van der Waals surface area contributed by atoms with Gasteiger partial charge in [0.25, 0.3) is 0 Å². The van der Waals surface area contributed by atoms with Crippen LogP contribution in [0.25, 0.3) is 0 Å². The Hall–Kier alpha value is -1.55. The van der Waals surface area contributed by atoms with E-state index in [0.29, 0.717) is 11.3 Å². The summed E-state index contributed by atoms with van der Waals surface area (Å²) in [5, 5.41) is 0. The third-order valence-corrected chi connectivity index (χ3v) is 2.79. The van der Waals surface area contributed by atoms with Crippen LogP contribution in [0.3, 0.4) is 0 Å². The van der Waals surface area contributed by atoms with Crippen LogP contribution >= 0.6 is 0 Å². The van der Waals surface area contributed by atoms with E-state index in [2.05, 4.69) is 4.90 Å². The molecule has 0 spiro atoms. The number of nitrogens with two attached hydrogens (primary N) is 1. The predicted molar refractivity (Wildman–Crippen MR) is 63.9 cm³/mol. The lowest BCUT2D eigenvalue weighted by Gasteiger charge is -2.29. The lowest BCUT2D eigenvalue weighted by molar-refractivity contribution is 0.101. The first-order valence-electron chi connectivity index (χ1n) is 5.41. The number of ether oxygens (including phenoxy) is 1. The van der Waals surface area contributed by atoms with E-state index in [1.165, 1.54) is 0 Å². The standard InChI is InChI=1S/C12H16N2O2/c1-9(15)10-2-3-12(11(13)8-10)14-4-6-16-7-5-14/h2-3,8H,4-7,13H2,1H3. The second-order valence-corrected chi connectivity index (χ2v) is 3.93. The molecule has 0 aliphatic carbocycles. The molecule has 1 fully saturated rings. The van der Waals surface area contributed by atoms with Gasteiger partial charge in [-0.2, -0.15) is 0 Å². The number of anilines is 2. The van der Waals surface area contributed by atoms with Crippen LogP contribution < -0.4 is 10.6 Å². The van der Waals surface area contributed by atoms with Crippen molar-refractivity contribution in [3.8, 4) is 0 Å². The van der Waals surface area contributed by atoms with Gasteiger partial charge in [0.1, 0.15) is 0 Å². The van der Waals surface area contributed by atoms with Crippen LogP contribution in [0.1, 0.15) is 17.3 Å². The van der Waals surface area contributed by atoms with Crippen molar-refractivity contribution in [2.45, 2.75) is 6.92 Å². The highest BCUT2D eigenvalue weighted by molar-refractivity contribution is 5.96. The molecule has 0 radical (unpaired) electrons. The van der Waals surface area contributed by atoms with E-state index in [4.69, 9.17) is 10.5 Å². The average Bonchev–Trinajstić information content (AvgIpc) is 2.30. The summed E-state index contributed by atoms with van der Waals surface area (Å²) < 4.78 is 5.29. The molecule has 16 heavy (non-hydrogen) atoms. The molecule has 2 rings (SSSR count). The number of nitrogens with zero attached hydrogens (tertiary/aromatic N) is 1. The molecule has 0 bridgehead atoms. The SMILES string of the molecule is CC(=O)c1ccc(N2CCOCC2)c(N)c1. The van der Waals surface area contributed by atoms with Crippen molar-refractivity contribution in [1.82, 2.24) is 0 Å². The molecule has 1 aliphatic rings. The van der Waals surface area contributed by atoms with E-state index in [1.54, 1.807) is 13.0 Å². The highest BCUT2D eigenvalue weighted by Gasteiger charge is 2.14. The van der Waals surface area contributed by atoms with E-state index >= 15 is 0 Å². The van der Waals surface area contributed by atoms with E-state index in [1.807, 2.05) is 12.1 Å². The van der Waals surface area contributed by atoms with Gasteiger partial charge in [-0.25, -0.2) is 0 Å². The molecule has 0 aromatic heterocycles. The molecule has 1 heterocycles. The molecule has 4 heteroatoms. The Labute approximate surface area is 95.0 Å². The van der Waals surface area contributed by atoms with Gasteiger partial charge in [0.2, 0.25) is 0 Å². The fourth-order valence-corrected chi connectivity index (χ4v) is 1.87. The minimum Gasteiger partial charge on any atom is -0.397 e. The Balaban J connectivity index is 2.24. The fraction of sp³-hybridized carbons (Fsp3) is 0.417. The zero-order valence-corrected chi connectivity index (χ0v) is 9.40. The van der Waals surface area contributed by atoms with Gasteiger partial charge in [-0.15, -0.1) is 0 Å². The lowest BCUT2D eigenvalue weighted by atomic mass is 10.1. The van der Waals surface area contributed by atoms with E-state index in [9.17, 15) is 4.79 Å². The molecule has 0 atom stereocenters. The van der Waals surface area contributed by atoms with Gasteiger partial charge in [-0.05, 0) is 25.1 Å².